The molecule has 0 saturated heterocycles. The first-order valence-corrected chi connectivity index (χ1v) is 4.37. The minimum atomic E-state index is 0.451. The van der Waals surface area contributed by atoms with E-state index in [-0.39, 0.29) is 0 Å². The molecular formula is C8H10ClNO. The molecule has 0 amide bonds. The molecule has 1 aromatic heterocycles. The lowest BCUT2D eigenvalue weighted by Crippen LogP contribution is -1.84. The molecule has 0 unspecified atom stereocenters. The highest BCUT2D eigenvalue weighted by Gasteiger charge is 2.29. The molecule has 1 heterocycles. The highest BCUT2D eigenvalue weighted by atomic mass is 35.5. The van der Waals surface area contributed by atoms with E-state index in [1.54, 1.807) is 0 Å². The van der Waals surface area contributed by atoms with Gasteiger partial charge in [-0.15, -0.1) is 11.6 Å². The summed E-state index contributed by atoms with van der Waals surface area (Å²) >= 11 is 5.68. The monoisotopic (exact) mass is 171 g/mol. The van der Waals surface area contributed by atoms with Crippen molar-refractivity contribution >= 4 is 11.6 Å². The van der Waals surface area contributed by atoms with Crippen LogP contribution in [0.5, 0.6) is 0 Å². The fourth-order valence-corrected chi connectivity index (χ4v) is 1.45. The van der Waals surface area contributed by atoms with Gasteiger partial charge in [0.2, 0.25) is 0 Å². The SMILES string of the molecule is Cc1nc(C2CC2)c(CCl)o1. The van der Waals surface area contributed by atoms with Gasteiger partial charge in [0.15, 0.2) is 5.89 Å². The summed E-state index contributed by atoms with van der Waals surface area (Å²) in [6, 6.07) is 0. The second kappa shape index (κ2) is 2.52. The van der Waals surface area contributed by atoms with Gasteiger partial charge in [-0.1, -0.05) is 0 Å². The van der Waals surface area contributed by atoms with Crippen molar-refractivity contribution in [1.82, 2.24) is 4.98 Å². The minimum Gasteiger partial charge on any atom is -0.444 e. The van der Waals surface area contributed by atoms with Crippen molar-refractivity contribution in [2.75, 3.05) is 0 Å². The van der Waals surface area contributed by atoms with Gasteiger partial charge in [-0.2, -0.15) is 0 Å². The van der Waals surface area contributed by atoms with Crippen LogP contribution in [-0.2, 0) is 5.88 Å². The lowest BCUT2D eigenvalue weighted by atomic mass is 10.2. The fourth-order valence-electron chi connectivity index (χ4n) is 1.26. The molecule has 0 N–H and O–H groups in total. The van der Waals surface area contributed by atoms with Crippen LogP contribution in [0.1, 0.15) is 36.1 Å². The van der Waals surface area contributed by atoms with Crippen molar-refractivity contribution in [3.8, 4) is 0 Å². The predicted octanol–water partition coefficient (Wildman–Crippen LogP) is 2.60. The molecule has 1 aromatic rings. The van der Waals surface area contributed by atoms with E-state index in [4.69, 9.17) is 16.0 Å². The number of aromatic nitrogens is 1. The van der Waals surface area contributed by atoms with E-state index in [0.29, 0.717) is 11.8 Å². The van der Waals surface area contributed by atoms with Gasteiger partial charge >= 0.3 is 0 Å². The number of oxazole rings is 1. The number of hydrogen-bond donors (Lipinski definition) is 0. The molecule has 11 heavy (non-hydrogen) atoms. The molecular weight excluding hydrogens is 162 g/mol. The minimum absolute atomic E-state index is 0.451. The Morgan fingerprint density at radius 3 is 2.91 bits per heavy atom. The summed E-state index contributed by atoms with van der Waals surface area (Å²) in [5.74, 6) is 2.70. The maximum Gasteiger partial charge on any atom is 0.191 e. The normalized spacial score (nSPS) is 17.3. The Balaban J connectivity index is 2.34. The van der Waals surface area contributed by atoms with Gasteiger partial charge in [-0.3, -0.25) is 0 Å². The summed E-state index contributed by atoms with van der Waals surface area (Å²) in [7, 11) is 0. The van der Waals surface area contributed by atoms with Gasteiger partial charge in [0, 0.05) is 12.8 Å². The van der Waals surface area contributed by atoms with E-state index >= 15 is 0 Å². The molecule has 1 saturated carbocycles. The topological polar surface area (TPSA) is 26.0 Å². The number of rotatable bonds is 2. The molecule has 1 aliphatic carbocycles. The van der Waals surface area contributed by atoms with E-state index in [1.165, 1.54) is 12.8 Å². The smallest absolute Gasteiger partial charge is 0.191 e. The van der Waals surface area contributed by atoms with Gasteiger partial charge in [-0.25, -0.2) is 4.98 Å². The van der Waals surface area contributed by atoms with Crippen molar-refractivity contribution in [3.05, 3.63) is 17.3 Å². The molecule has 2 rings (SSSR count). The van der Waals surface area contributed by atoms with Crippen LogP contribution in [0.15, 0.2) is 4.42 Å². The Morgan fingerprint density at radius 1 is 1.64 bits per heavy atom. The molecule has 0 bridgehead atoms. The van der Waals surface area contributed by atoms with E-state index in [2.05, 4.69) is 4.98 Å². The van der Waals surface area contributed by atoms with Gasteiger partial charge in [0.05, 0.1) is 11.6 Å². The second-order valence-corrected chi connectivity index (χ2v) is 3.22. The largest absolute Gasteiger partial charge is 0.444 e. The van der Waals surface area contributed by atoms with E-state index in [9.17, 15) is 0 Å². The Kier molecular flexibility index (Phi) is 1.64. The van der Waals surface area contributed by atoms with Crippen LogP contribution in [0.25, 0.3) is 0 Å². The molecule has 60 valence electrons. The third-order valence-corrected chi connectivity index (χ3v) is 2.16. The lowest BCUT2D eigenvalue weighted by Gasteiger charge is -1.90. The van der Waals surface area contributed by atoms with Crippen molar-refractivity contribution in [1.29, 1.82) is 0 Å². The molecule has 2 nitrogen and oxygen atoms in total. The zero-order valence-electron chi connectivity index (χ0n) is 6.43. The Labute approximate surface area is 70.6 Å². The number of alkyl halides is 1. The van der Waals surface area contributed by atoms with Gasteiger partial charge in [0.25, 0.3) is 0 Å². The van der Waals surface area contributed by atoms with Crippen LogP contribution in [-0.4, -0.2) is 4.98 Å². The quantitative estimate of drug-likeness (QED) is 0.640. The molecule has 0 spiro atoms. The van der Waals surface area contributed by atoms with Gasteiger partial charge < -0.3 is 4.42 Å². The molecule has 3 heteroatoms. The first-order chi connectivity index (χ1) is 5.31. The summed E-state index contributed by atoms with van der Waals surface area (Å²) in [6.45, 7) is 1.86. The number of nitrogens with zero attached hydrogens (tertiary/aromatic N) is 1. The first kappa shape index (κ1) is 7.17. The van der Waals surface area contributed by atoms with Gasteiger partial charge in [0.1, 0.15) is 5.76 Å². The third-order valence-electron chi connectivity index (χ3n) is 1.92. The number of aryl methyl sites for hydroxylation is 1. The highest BCUT2D eigenvalue weighted by Crippen LogP contribution is 2.41. The van der Waals surface area contributed by atoms with E-state index < -0.39 is 0 Å². The molecule has 0 atom stereocenters. The van der Waals surface area contributed by atoms with Crippen molar-refractivity contribution < 1.29 is 4.42 Å². The molecule has 0 aromatic carbocycles. The standard InChI is InChI=1S/C8H10ClNO/c1-5-10-8(6-2-3-6)7(4-9)11-5/h6H,2-4H2,1H3. The fraction of sp³-hybridized carbons (Fsp3) is 0.625. The average molecular weight is 172 g/mol. The van der Waals surface area contributed by atoms with Crippen molar-refractivity contribution in [2.45, 2.75) is 31.6 Å². The number of halogens is 1. The zero-order valence-corrected chi connectivity index (χ0v) is 7.19. The van der Waals surface area contributed by atoms with E-state index in [0.717, 1.165) is 17.3 Å². The molecule has 1 aliphatic rings. The average Bonchev–Trinajstić information content (AvgIpc) is 2.75. The summed E-state index contributed by atoms with van der Waals surface area (Å²) in [6.07, 6.45) is 2.49. The molecule has 1 fully saturated rings. The van der Waals surface area contributed by atoms with Crippen LogP contribution in [0.2, 0.25) is 0 Å². The van der Waals surface area contributed by atoms with Crippen molar-refractivity contribution in [2.24, 2.45) is 0 Å². The third kappa shape index (κ3) is 1.27. The summed E-state index contributed by atoms with van der Waals surface area (Å²) < 4.78 is 5.32. The lowest BCUT2D eigenvalue weighted by molar-refractivity contribution is 0.488. The maximum atomic E-state index is 5.68. The summed E-state index contributed by atoms with van der Waals surface area (Å²) in [5, 5.41) is 0. The summed E-state index contributed by atoms with van der Waals surface area (Å²) in [4.78, 5) is 4.29. The van der Waals surface area contributed by atoms with Gasteiger partial charge in [-0.05, 0) is 12.8 Å². The molecule has 0 aliphatic heterocycles. The van der Waals surface area contributed by atoms with E-state index in [1.807, 2.05) is 6.92 Å². The molecule has 0 radical (unpaired) electrons. The highest BCUT2D eigenvalue weighted by molar-refractivity contribution is 6.16. The Bertz CT molecular complexity index is 265. The first-order valence-electron chi connectivity index (χ1n) is 3.83. The Morgan fingerprint density at radius 2 is 2.36 bits per heavy atom. The van der Waals surface area contributed by atoms with Crippen molar-refractivity contribution in [3.63, 3.8) is 0 Å². The van der Waals surface area contributed by atoms with Crippen LogP contribution in [0, 0.1) is 6.92 Å². The summed E-state index contributed by atoms with van der Waals surface area (Å²) in [5.41, 5.74) is 1.09. The number of hydrogen-bond acceptors (Lipinski definition) is 2. The van der Waals surface area contributed by atoms with Crippen LogP contribution in [0.4, 0.5) is 0 Å². The van der Waals surface area contributed by atoms with Crippen LogP contribution >= 0.6 is 11.6 Å². The zero-order chi connectivity index (χ0) is 7.84. The van der Waals surface area contributed by atoms with Crippen LogP contribution < -0.4 is 0 Å². The predicted molar refractivity (Wildman–Crippen MR) is 42.8 cm³/mol. The maximum absolute atomic E-state index is 5.68. The van der Waals surface area contributed by atoms with Crippen LogP contribution in [0.3, 0.4) is 0 Å². The second-order valence-electron chi connectivity index (χ2n) is 2.95. The Hall–Kier alpha value is -0.500.